The average Bonchev–Trinajstić information content (AvgIpc) is 2.19. The van der Waals surface area contributed by atoms with Crippen LogP contribution in [0.3, 0.4) is 0 Å². The van der Waals surface area contributed by atoms with Gasteiger partial charge in [-0.1, -0.05) is 22.9 Å². The first-order chi connectivity index (χ1) is 7.02. The van der Waals surface area contributed by atoms with Crippen molar-refractivity contribution in [2.24, 2.45) is 5.16 Å². The van der Waals surface area contributed by atoms with E-state index in [2.05, 4.69) is 5.16 Å². The van der Waals surface area contributed by atoms with Gasteiger partial charge in [0.05, 0.1) is 4.90 Å². The number of rotatable bonds is 1. The Bertz CT molecular complexity index is 523. The Balaban J connectivity index is 3.31. The van der Waals surface area contributed by atoms with Crippen LogP contribution in [-0.2, 0) is 9.84 Å². The fourth-order valence-corrected chi connectivity index (χ4v) is 1.91. The van der Waals surface area contributed by atoms with Crippen molar-refractivity contribution in [1.82, 2.24) is 0 Å². The highest BCUT2D eigenvalue weighted by molar-refractivity contribution is 8.07. The minimum Gasteiger partial charge on any atom is -0.409 e. The lowest BCUT2D eigenvalue weighted by molar-refractivity contribution is 0.321. The van der Waals surface area contributed by atoms with Gasteiger partial charge in [0.15, 0.2) is 0 Å². The number of hydrogen-bond acceptors (Lipinski definition) is 5. The van der Waals surface area contributed by atoms with Crippen LogP contribution >= 0.6 is 0 Å². The van der Waals surface area contributed by atoms with E-state index in [9.17, 15) is 8.42 Å². The van der Waals surface area contributed by atoms with Gasteiger partial charge in [-0.2, -0.15) is 5.26 Å². The molecule has 0 saturated carbocycles. The second-order valence-electron chi connectivity index (χ2n) is 2.83. The molecule has 0 radical (unpaired) electrons. The highest BCUT2D eigenvalue weighted by Gasteiger charge is 2.22. The van der Waals surface area contributed by atoms with E-state index in [0.29, 0.717) is 0 Å². The molecular formula is C9H8N2O3S. The predicted octanol–water partition coefficient (Wildman–Crippen LogP) is 1.08. The van der Waals surface area contributed by atoms with Crippen molar-refractivity contribution in [2.75, 3.05) is 0 Å². The van der Waals surface area contributed by atoms with Crippen molar-refractivity contribution in [3.8, 4) is 6.07 Å². The van der Waals surface area contributed by atoms with Crippen molar-refractivity contribution in [3.05, 3.63) is 29.8 Å². The average molecular weight is 224 g/mol. The molecule has 0 bridgehead atoms. The van der Waals surface area contributed by atoms with Gasteiger partial charge >= 0.3 is 0 Å². The van der Waals surface area contributed by atoms with Crippen LogP contribution in [-0.4, -0.2) is 18.7 Å². The van der Waals surface area contributed by atoms with Gasteiger partial charge in [0.2, 0.25) is 9.84 Å². The predicted molar refractivity (Wildman–Crippen MR) is 53.2 cm³/mol. The fourth-order valence-electron chi connectivity index (χ4n) is 0.965. The molecule has 1 aromatic carbocycles. The monoisotopic (exact) mass is 224 g/mol. The summed E-state index contributed by atoms with van der Waals surface area (Å²) >= 11 is 0. The molecule has 0 heterocycles. The summed E-state index contributed by atoms with van der Waals surface area (Å²) in [6.45, 7) is 1.81. The van der Waals surface area contributed by atoms with E-state index in [1.165, 1.54) is 18.2 Å². The van der Waals surface area contributed by atoms with Gasteiger partial charge in [-0.05, 0) is 19.1 Å². The van der Waals surface area contributed by atoms with E-state index in [1.54, 1.807) is 12.1 Å². The van der Waals surface area contributed by atoms with Crippen molar-refractivity contribution in [3.63, 3.8) is 0 Å². The largest absolute Gasteiger partial charge is 0.409 e. The number of nitriles is 1. The van der Waals surface area contributed by atoms with Gasteiger partial charge in [0.1, 0.15) is 6.07 Å². The third-order valence-corrected chi connectivity index (χ3v) is 3.35. The molecule has 0 unspecified atom stereocenters. The molecule has 6 heteroatoms. The Morgan fingerprint density at radius 2 is 1.93 bits per heavy atom. The summed E-state index contributed by atoms with van der Waals surface area (Å²) in [6.07, 6.45) is 0. The highest BCUT2D eigenvalue weighted by Crippen LogP contribution is 2.13. The lowest BCUT2D eigenvalue weighted by Gasteiger charge is -2.00. The van der Waals surface area contributed by atoms with E-state index >= 15 is 0 Å². The zero-order valence-electron chi connectivity index (χ0n) is 7.88. The first-order valence-corrected chi connectivity index (χ1v) is 5.44. The summed E-state index contributed by atoms with van der Waals surface area (Å²) in [5.41, 5.74) is 0.897. The summed E-state index contributed by atoms with van der Waals surface area (Å²) in [6, 6.07) is 7.22. The zero-order valence-corrected chi connectivity index (χ0v) is 8.69. The molecule has 15 heavy (non-hydrogen) atoms. The molecule has 1 aromatic rings. The van der Waals surface area contributed by atoms with Gasteiger partial charge in [-0.25, -0.2) is 8.42 Å². The van der Waals surface area contributed by atoms with Gasteiger partial charge in [0.25, 0.3) is 5.04 Å². The van der Waals surface area contributed by atoms with Crippen LogP contribution < -0.4 is 0 Å². The van der Waals surface area contributed by atoms with E-state index in [1.807, 2.05) is 6.92 Å². The number of nitrogens with zero attached hydrogens (tertiary/aromatic N) is 2. The fraction of sp³-hybridized carbons (Fsp3) is 0.111. The SMILES string of the molecule is Cc1ccc(S(=O)(=O)C(C#N)=NO)cc1. The highest BCUT2D eigenvalue weighted by atomic mass is 32.2. The molecule has 0 atom stereocenters. The first-order valence-electron chi connectivity index (χ1n) is 3.96. The van der Waals surface area contributed by atoms with E-state index in [-0.39, 0.29) is 4.90 Å². The second kappa shape index (κ2) is 4.11. The molecule has 0 saturated heterocycles. The molecule has 78 valence electrons. The normalized spacial score (nSPS) is 12.1. The number of hydrogen-bond donors (Lipinski definition) is 1. The maximum absolute atomic E-state index is 11.6. The summed E-state index contributed by atoms with van der Waals surface area (Å²) in [5, 5.41) is 18.4. The summed E-state index contributed by atoms with van der Waals surface area (Å²) in [4.78, 5) is -0.0672. The Labute approximate surface area is 87.2 Å². The second-order valence-corrected chi connectivity index (χ2v) is 4.70. The molecule has 0 fully saturated rings. The molecule has 0 spiro atoms. The molecular weight excluding hydrogens is 216 g/mol. The molecule has 1 rings (SSSR count). The van der Waals surface area contributed by atoms with Crippen LogP contribution in [0, 0.1) is 18.3 Å². The van der Waals surface area contributed by atoms with Gasteiger partial charge in [-0.3, -0.25) is 0 Å². The van der Waals surface area contributed by atoms with Gasteiger partial charge in [-0.15, -0.1) is 0 Å². The van der Waals surface area contributed by atoms with Gasteiger partial charge in [0, 0.05) is 0 Å². The van der Waals surface area contributed by atoms with Crippen LogP contribution in [0.15, 0.2) is 34.3 Å². The summed E-state index contributed by atoms with van der Waals surface area (Å²) in [5.74, 6) is 0. The minimum atomic E-state index is -3.98. The Morgan fingerprint density at radius 3 is 2.33 bits per heavy atom. The Hall–Kier alpha value is -1.87. The maximum atomic E-state index is 11.6. The molecule has 0 amide bonds. The number of benzene rings is 1. The standard InChI is InChI=1S/C9H8N2O3S/c1-7-2-4-8(5-3-7)15(13,14)9(6-10)11-12/h2-5,12H,1H3. The topological polar surface area (TPSA) is 90.5 Å². The van der Waals surface area contributed by atoms with Crippen LogP contribution in [0.1, 0.15) is 5.56 Å². The van der Waals surface area contributed by atoms with Gasteiger partial charge < -0.3 is 5.21 Å². The third kappa shape index (κ3) is 2.14. The van der Waals surface area contributed by atoms with Crippen LogP contribution in [0.2, 0.25) is 0 Å². The maximum Gasteiger partial charge on any atom is 0.275 e. The molecule has 5 nitrogen and oxygen atoms in total. The third-order valence-electron chi connectivity index (χ3n) is 1.77. The van der Waals surface area contributed by atoms with Crippen LogP contribution in [0.5, 0.6) is 0 Å². The quantitative estimate of drug-likeness (QED) is 0.334. The van der Waals surface area contributed by atoms with Crippen molar-refractivity contribution in [1.29, 1.82) is 5.26 Å². The van der Waals surface area contributed by atoms with Crippen LogP contribution in [0.25, 0.3) is 0 Å². The Morgan fingerprint density at radius 1 is 1.40 bits per heavy atom. The van der Waals surface area contributed by atoms with Crippen molar-refractivity contribution in [2.45, 2.75) is 11.8 Å². The zero-order chi connectivity index (χ0) is 11.5. The van der Waals surface area contributed by atoms with E-state index in [4.69, 9.17) is 10.5 Å². The summed E-state index contributed by atoms with van der Waals surface area (Å²) in [7, 11) is -3.98. The number of oxime groups is 1. The number of sulfone groups is 1. The van der Waals surface area contributed by atoms with Crippen molar-refractivity contribution < 1.29 is 13.6 Å². The minimum absolute atomic E-state index is 0.0672. The number of aryl methyl sites for hydroxylation is 1. The Kier molecular flexibility index (Phi) is 3.07. The lowest BCUT2D eigenvalue weighted by Crippen LogP contribution is -2.13. The smallest absolute Gasteiger partial charge is 0.275 e. The van der Waals surface area contributed by atoms with E-state index < -0.39 is 14.9 Å². The molecule has 1 N–H and O–H groups in total. The molecule has 0 aromatic heterocycles. The molecule has 0 aliphatic rings. The van der Waals surface area contributed by atoms with Crippen molar-refractivity contribution >= 4 is 14.9 Å². The van der Waals surface area contributed by atoms with Crippen LogP contribution in [0.4, 0.5) is 0 Å². The summed E-state index contributed by atoms with van der Waals surface area (Å²) < 4.78 is 23.2. The molecule has 0 aliphatic heterocycles. The molecule has 0 aliphatic carbocycles. The lowest BCUT2D eigenvalue weighted by atomic mass is 10.2. The first kappa shape index (κ1) is 11.2. The van der Waals surface area contributed by atoms with E-state index in [0.717, 1.165) is 5.56 Å².